The summed E-state index contributed by atoms with van der Waals surface area (Å²) in [5.41, 5.74) is 1.39. The van der Waals surface area contributed by atoms with E-state index in [2.05, 4.69) is 33.6 Å². The quantitative estimate of drug-likeness (QED) is 0.930. The Morgan fingerprint density at radius 1 is 1.45 bits per heavy atom. The van der Waals surface area contributed by atoms with Crippen LogP contribution in [0.3, 0.4) is 0 Å². The van der Waals surface area contributed by atoms with Crippen molar-refractivity contribution in [2.24, 2.45) is 0 Å². The molecule has 2 heterocycles. The topological polar surface area (TPSA) is 33.1 Å². The molecule has 0 amide bonds. The van der Waals surface area contributed by atoms with E-state index in [0.717, 1.165) is 44.1 Å². The molecule has 0 radical (unpaired) electrons. The standard InChI is InChI=1S/C15H21FN4/c1-3-20-13-6-4-5-12(16)15(13)18-14(20)10-19-8-7-17-9-11(19)2/h4-6,11,17H,3,7-10H2,1-2H3/t11-/m0/s1. The Morgan fingerprint density at radius 3 is 3.05 bits per heavy atom. The van der Waals surface area contributed by atoms with Crippen LogP contribution >= 0.6 is 0 Å². The van der Waals surface area contributed by atoms with Crippen LogP contribution in [-0.4, -0.2) is 40.1 Å². The Labute approximate surface area is 118 Å². The molecule has 2 aromatic rings. The highest BCUT2D eigenvalue weighted by Crippen LogP contribution is 2.21. The minimum absolute atomic E-state index is 0.232. The van der Waals surface area contributed by atoms with Gasteiger partial charge in [0.1, 0.15) is 11.3 Å². The number of fused-ring (bicyclic) bond motifs is 1. The van der Waals surface area contributed by atoms with E-state index in [0.29, 0.717) is 11.6 Å². The van der Waals surface area contributed by atoms with Crippen LogP contribution in [0.25, 0.3) is 11.0 Å². The van der Waals surface area contributed by atoms with Crippen molar-refractivity contribution < 1.29 is 4.39 Å². The van der Waals surface area contributed by atoms with Crippen molar-refractivity contribution in [3.63, 3.8) is 0 Å². The van der Waals surface area contributed by atoms with Crippen LogP contribution in [0.5, 0.6) is 0 Å². The third-order valence-electron chi connectivity index (χ3n) is 4.11. The van der Waals surface area contributed by atoms with Gasteiger partial charge in [-0.25, -0.2) is 9.37 Å². The number of rotatable bonds is 3. The molecule has 0 spiro atoms. The lowest BCUT2D eigenvalue weighted by atomic mass is 10.2. The third kappa shape index (κ3) is 2.31. The number of nitrogens with zero attached hydrogens (tertiary/aromatic N) is 3. The zero-order valence-corrected chi connectivity index (χ0v) is 12.1. The average molecular weight is 276 g/mol. The van der Waals surface area contributed by atoms with E-state index in [1.807, 2.05) is 6.07 Å². The molecule has 1 aromatic carbocycles. The van der Waals surface area contributed by atoms with Gasteiger partial charge in [-0.1, -0.05) is 6.07 Å². The van der Waals surface area contributed by atoms with Crippen molar-refractivity contribution in [1.29, 1.82) is 0 Å². The van der Waals surface area contributed by atoms with Gasteiger partial charge in [-0.05, 0) is 26.0 Å². The van der Waals surface area contributed by atoms with Crippen LogP contribution in [-0.2, 0) is 13.1 Å². The van der Waals surface area contributed by atoms with Gasteiger partial charge in [0.05, 0.1) is 12.1 Å². The summed E-state index contributed by atoms with van der Waals surface area (Å²) in [5, 5.41) is 3.39. The highest BCUT2D eigenvalue weighted by Gasteiger charge is 2.21. The second-order valence-electron chi connectivity index (χ2n) is 5.40. The van der Waals surface area contributed by atoms with E-state index in [1.165, 1.54) is 6.07 Å². The lowest BCUT2D eigenvalue weighted by molar-refractivity contribution is 0.160. The van der Waals surface area contributed by atoms with Gasteiger partial charge in [0.25, 0.3) is 0 Å². The summed E-state index contributed by atoms with van der Waals surface area (Å²) in [6.45, 7) is 8.91. The first-order valence-corrected chi connectivity index (χ1v) is 7.29. The molecule has 20 heavy (non-hydrogen) atoms. The molecule has 0 aliphatic carbocycles. The second kappa shape index (κ2) is 5.50. The Balaban J connectivity index is 1.96. The summed E-state index contributed by atoms with van der Waals surface area (Å²) in [7, 11) is 0. The van der Waals surface area contributed by atoms with Gasteiger partial charge in [-0.2, -0.15) is 0 Å². The Bertz CT molecular complexity index is 607. The predicted molar refractivity (Wildman–Crippen MR) is 78.1 cm³/mol. The highest BCUT2D eigenvalue weighted by atomic mass is 19.1. The molecule has 1 aliphatic heterocycles. The molecular weight excluding hydrogens is 255 g/mol. The summed E-state index contributed by atoms with van der Waals surface area (Å²) in [6, 6.07) is 5.66. The maximum Gasteiger partial charge on any atom is 0.151 e. The maximum absolute atomic E-state index is 13.9. The third-order valence-corrected chi connectivity index (χ3v) is 4.11. The molecule has 0 unspecified atom stereocenters. The Hall–Kier alpha value is -1.46. The number of benzene rings is 1. The van der Waals surface area contributed by atoms with Gasteiger partial charge in [0.15, 0.2) is 5.82 Å². The van der Waals surface area contributed by atoms with Gasteiger partial charge in [-0.15, -0.1) is 0 Å². The molecule has 1 fully saturated rings. The van der Waals surface area contributed by atoms with E-state index in [1.54, 1.807) is 6.07 Å². The van der Waals surface area contributed by atoms with Crippen LogP contribution in [0.2, 0.25) is 0 Å². The van der Waals surface area contributed by atoms with Gasteiger partial charge < -0.3 is 9.88 Å². The van der Waals surface area contributed by atoms with Gasteiger partial charge in [0.2, 0.25) is 0 Å². The number of imidazole rings is 1. The average Bonchev–Trinajstić information content (AvgIpc) is 2.80. The number of nitrogens with one attached hydrogen (secondary N) is 1. The fourth-order valence-corrected chi connectivity index (χ4v) is 2.93. The van der Waals surface area contributed by atoms with Crippen LogP contribution in [0.4, 0.5) is 4.39 Å². The number of aromatic nitrogens is 2. The molecule has 1 aliphatic rings. The van der Waals surface area contributed by atoms with Gasteiger partial charge in [-0.3, -0.25) is 4.90 Å². The molecule has 4 nitrogen and oxygen atoms in total. The zero-order chi connectivity index (χ0) is 14.1. The van der Waals surface area contributed by atoms with E-state index in [9.17, 15) is 4.39 Å². The molecule has 0 bridgehead atoms. The molecule has 1 N–H and O–H groups in total. The molecule has 1 atom stereocenters. The first kappa shape index (κ1) is 13.5. The smallest absolute Gasteiger partial charge is 0.151 e. The second-order valence-corrected chi connectivity index (χ2v) is 5.40. The number of halogens is 1. The van der Waals surface area contributed by atoms with Crippen LogP contribution in [0.15, 0.2) is 18.2 Å². The lowest BCUT2D eigenvalue weighted by Gasteiger charge is -2.33. The van der Waals surface area contributed by atoms with Crippen molar-refractivity contribution in [1.82, 2.24) is 19.8 Å². The summed E-state index contributed by atoms with van der Waals surface area (Å²) < 4.78 is 16.0. The van der Waals surface area contributed by atoms with E-state index < -0.39 is 0 Å². The van der Waals surface area contributed by atoms with Crippen molar-refractivity contribution in [2.75, 3.05) is 19.6 Å². The molecule has 1 saturated heterocycles. The van der Waals surface area contributed by atoms with Gasteiger partial charge >= 0.3 is 0 Å². The molecular formula is C15H21FN4. The minimum Gasteiger partial charge on any atom is -0.327 e. The lowest BCUT2D eigenvalue weighted by Crippen LogP contribution is -2.49. The van der Waals surface area contributed by atoms with Crippen LogP contribution in [0, 0.1) is 5.82 Å². The van der Waals surface area contributed by atoms with Crippen molar-refractivity contribution >= 4 is 11.0 Å². The first-order valence-electron chi connectivity index (χ1n) is 7.29. The number of piperazine rings is 1. The highest BCUT2D eigenvalue weighted by molar-refractivity contribution is 5.76. The molecule has 1 aromatic heterocycles. The SMILES string of the molecule is CCn1c(CN2CCNC[C@@H]2C)nc2c(F)cccc21. The first-order chi connectivity index (χ1) is 9.70. The number of hydrogen-bond acceptors (Lipinski definition) is 3. The number of aryl methyl sites for hydroxylation is 1. The van der Waals surface area contributed by atoms with Crippen molar-refractivity contribution in [2.45, 2.75) is 33.0 Å². The van der Waals surface area contributed by atoms with E-state index in [-0.39, 0.29) is 5.82 Å². The van der Waals surface area contributed by atoms with Crippen molar-refractivity contribution in [3.05, 3.63) is 29.8 Å². The predicted octanol–water partition coefficient (Wildman–Crippen LogP) is 1.99. The van der Waals surface area contributed by atoms with E-state index >= 15 is 0 Å². The summed E-state index contributed by atoms with van der Waals surface area (Å²) in [4.78, 5) is 6.94. The number of hydrogen-bond donors (Lipinski definition) is 1. The summed E-state index contributed by atoms with van der Waals surface area (Å²) >= 11 is 0. The monoisotopic (exact) mass is 276 g/mol. The fourth-order valence-electron chi connectivity index (χ4n) is 2.93. The zero-order valence-electron chi connectivity index (χ0n) is 12.1. The summed E-state index contributed by atoms with van der Waals surface area (Å²) in [6.07, 6.45) is 0. The minimum atomic E-state index is -0.232. The molecule has 0 saturated carbocycles. The van der Waals surface area contributed by atoms with Crippen molar-refractivity contribution in [3.8, 4) is 0 Å². The molecule has 3 rings (SSSR count). The fraction of sp³-hybridized carbons (Fsp3) is 0.533. The largest absolute Gasteiger partial charge is 0.327 e. The Kier molecular flexibility index (Phi) is 3.72. The van der Waals surface area contributed by atoms with Gasteiger partial charge in [0, 0.05) is 32.2 Å². The van der Waals surface area contributed by atoms with Crippen LogP contribution in [0.1, 0.15) is 19.7 Å². The number of para-hydroxylation sites is 1. The molecule has 108 valence electrons. The summed E-state index contributed by atoms with van der Waals surface area (Å²) in [5.74, 6) is 0.727. The maximum atomic E-state index is 13.9. The van der Waals surface area contributed by atoms with E-state index in [4.69, 9.17) is 0 Å². The Morgan fingerprint density at radius 2 is 2.30 bits per heavy atom. The normalized spacial score (nSPS) is 20.6. The molecule has 5 heteroatoms. The van der Waals surface area contributed by atoms with Crippen LogP contribution < -0.4 is 5.32 Å².